The van der Waals surface area contributed by atoms with Gasteiger partial charge in [-0.1, -0.05) is 6.92 Å². The SMILES string of the molecule is CCc1c(C)nc2cc(-c3cc(OC)cc(OC)c3)nn2c1NCC1CCCO1. The van der Waals surface area contributed by atoms with Gasteiger partial charge in [-0.2, -0.15) is 9.61 Å². The Morgan fingerprint density at radius 1 is 1.17 bits per heavy atom. The summed E-state index contributed by atoms with van der Waals surface area (Å²) in [6.45, 7) is 5.82. The van der Waals surface area contributed by atoms with E-state index in [9.17, 15) is 0 Å². The normalized spacial score (nSPS) is 16.3. The number of aryl methyl sites for hydroxylation is 1. The molecule has 4 rings (SSSR count). The fraction of sp³-hybridized carbons (Fsp3) is 0.455. The van der Waals surface area contributed by atoms with Crippen LogP contribution in [0.15, 0.2) is 24.3 Å². The number of ether oxygens (including phenoxy) is 3. The molecule has 0 radical (unpaired) electrons. The van der Waals surface area contributed by atoms with E-state index in [1.165, 1.54) is 5.56 Å². The molecule has 0 bridgehead atoms. The first kappa shape index (κ1) is 19.5. The zero-order chi connectivity index (χ0) is 20.4. The van der Waals surface area contributed by atoms with Gasteiger partial charge < -0.3 is 19.5 Å². The summed E-state index contributed by atoms with van der Waals surface area (Å²) in [5.41, 5.74) is 4.75. The van der Waals surface area contributed by atoms with E-state index in [0.29, 0.717) is 0 Å². The molecule has 1 fully saturated rings. The predicted octanol–water partition coefficient (Wildman–Crippen LogP) is 3.88. The lowest BCUT2D eigenvalue weighted by molar-refractivity contribution is 0.120. The summed E-state index contributed by atoms with van der Waals surface area (Å²) in [7, 11) is 3.29. The van der Waals surface area contributed by atoms with Gasteiger partial charge in [-0.25, -0.2) is 4.98 Å². The summed E-state index contributed by atoms with van der Waals surface area (Å²) in [4.78, 5) is 4.78. The standard InChI is InChI=1S/C22H28N4O3/c1-5-19-14(2)24-21-12-20(15-9-17(27-3)11-18(10-15)28-4)25-26(21)22(19)23-13-16-7-6-8-29-16/h9-12,16,23H,5-8,13H2,1-4H3. The molecule has 0 amide bonds. The van der Waals surface area contributed by atoms with Gasteiger partial charge in [0, 0.05) is 42.1 Å². The van der Waals surface area contributed by atoms with Gasteiger partial charge >= 0.3 is 0 Å². The number of rotatable bonds is 7. The van der Waals surface area contributed by atoms with Gasteiger partial charge in [0.1, 0.15) is 17.3 Å². The Morgan fingerprint density at radius 2 is 1.93 bits per heavy atom. The van der Waals surface area contributed by atoms with Crippen LogP contribution < -0.4 is 14.8 Å². The van der Waals surface area contributed by atoms with Crippen LogP contribution >= 0.6 is 0 Å². The second-order valence-electron chi connectivity index (χ2n) is 7.29. The third-order valence-corrected chi connectivity index (χ3v) is 5.43. The largest absolute Gasteiger partial charge is 0.497 e. The topological polar surface area (TPSA) is 69.9 Å². The second kappa shape index (κ2) is 8.29. The van der Waals surface area contributed by atoms with Crippen molar-refractivity contribution in [3.05, 3.63) is 35.5 Å². The molecule has 1 aromatic carbocycles. The first-order valence-corrected chi connectivity index (χ1v) is 10.1. The summed E-state index contributed by atoms with van der Waals surface area (Å²) in [6.07, 6.45) is 3.35. The number of aromatic nitrogens is 3. The van der Waals surface area contributed by atoms with Gasteiger partial charge in [-0.3, -0.25) is 0 Å². The quantitative estimate of drug-likeness (QED) is 0.654. The molecule has 1 saturated heterocycles. The maximum atomic E-state index is 5.78. The van der Waals surface area contributed by atoms with Crippen LogP contribution in [-0.4, -0.2) is 48.1 Å². The smallest absolute Gasteiger partial charge is 0.158 e. The van der Waals surface area contributed by atoms with E-state index in [0.717, 1.165) is 72.3 Å². The van der Waals surface area contributed by atoms with Gasteiger partial charge in [0.15, 0.2) is 5.65 Å². The molecular weight excluding hydrogens is 368 g/mol. The zero-order valence-corrected chi connectivity index (χ0v) is 17.5. The highest BCUT2D eigenvalue weighted by Gasteiger charge is 2.19. The molecule has 0 spiro atoms. The van der Waals surface area contributed by atoms with Crippen LogP contribution in [0.4, 0.5) is 5.82 Å². The number of benzene rings is 1. The van der Waals surface area contributed by atoms with E-state index in [4.69, 9.17) is 24.3 Å². The number of nitrogens with one attached hydrogen (secondary N) is 1. The second-order valence-corrected chi connectivity index (χ2v) is 7.29. The van der Waals surface area contributed by atoms with Crippen molar-refractivity contribution in [3.63, 3.8) is 0 Å². The first-order valence-electron chi connectivity index (χ1n) is 10.1. The summed E-state index contributed by atoms with van der Waals surface area (Å²) < 4.78 is 18.5. The minimum atomic E-state index is 0.251. The van der Waals surface area contributed by atoms with Gasteiger partial charge in [0.2, 0.25) is 0 Å². The summed E-state index contributed by atoms with van der Waals surface area (Å²) in [6, 6.07) is 7.76. The molecule has 0 aliphatic carbocycles. The molecule has 7 nitrogen and oxygen atoms in total. The predicted molar refractivity (Wildman–Crippen MR) is 113 cm³/mol. The van der Waals surface area contributed by atoms with Crippen molar-refractivity contribution < 1.29 is 14.2 Å². The molecule has 7 heteroatoms. The van der Waals surface area contributed by atoms with Crippen LogP contribution in [0.1, 0.15) is 31.0 Å². The van der Waals surface area contributed by atoms with Crippen molar-refractivity contribution >= 4 is 11.5 Å². The Labute approximate surface area is 171 Å². The van der Waals surface area contributed by atoms with E-state index < -0.39 is 0 Å². The molecular formula is C22H28N4O3. The van der Waals surface area contributed by atoms with Crippen molar-refractivity contribution in [2.75, 3.05) is 32.7 Å². The van der Waals surface area contributed by atoms with Crippen LogP contribution in [0.25, 0.3) is 16.9 Å². The van der Waals surface area contributed by atoms with Crippen LogP contribution in [-0.2, 0) is 11.2 Å². The van der Waals surface area contributed by atoms with E-state index >= 15 is 0 Å². The van der Waals surface area contributed by atoms with Crippen LogP contribution in [0, 0.1) is 6.92 Å². The zero-order valence-electron chi connectivity index (χ0n) is 17.5. The number of hydrogen-bond acceptors (Lipinski definition) is 6. The highest BCUT2D eigenvalue weighted by molar-refractivity contribution is 5.69. The van der Waals surface area contributed by atoms with Crippen LogP contribution in [0.3, 0.4) is 0 Å². The number of fused-ring (bicyclic) bond motifs is 1. The number of hydrogen-bond donors (Lipinski definition) is 1. The molecule has 1 unspecified atom stereocenters. The molecule has 3 heterocycles. The van der Waals surface area contributed by atoms with Crippen LogP contribution in [0.5, 0.6) is 11.5 Å². The highest BCUT2D eigenvalue weighted by atomic mass is 16.5. The van der Waals surface area contributed by atoms with E-state index in [1.807, 2.05) is 28.8 Å². The first-order chi connectivity index (χ1) is 14.1. The molecule has 0 saturated carbocycles. The van der Waals surface area contributed by atoms with Crippen LogP contribution in [0.2, 0.25) is 0 Å². The number of methoxy groups -OCH3 is 2. The van der Waals surface area contributed by atoms with Gasteiger partial charge in [0.25, 0.3) is 0 Å². The molecule has 29 heavy (non-hydrogen) atoms. The average Bonchev–Trinajstić information content (AvgIpc) is 3.41. The van der Waals surface area contributed by atoms with Crippen molar-refractivity contribution in [2.45, 2.75) is 39.2 Å². The lowest BCUT2D eigenvalue weighted by Gasteiger charge is -2.17. The average molecular weight is 396 g/mol. The third-order valence-electron chi connectivity index (χ3n) is 5.43. The number of nitrogens with zero attached hydrogens (tertiary/aromatic N) is 3. The Balaban J connectivity index is 1.77. The minimum Gasteiger partial charge on any atom is -0.497 e. The number of anilines is 1. The fourth-order valence-electron chi connectivity index (χ4n) is 3.87. The van der Waals surface area contributed by atoms with E-state index in [1.54, 1.807) is 14.2 Å². The molecule has 3 aromatic rings. The molecule has 1 aliphatic heterocycles. The molecule has 1 atom stereocenters. The lowest BCUT2D eigenvalue weighted by Crippen LogP contribution is -2.21. The monoisotopic (exact) mass is 396 g/mol. The third kappa shape index (κ3) is 3.87. The Kier molecular flexibility index (Phi) is 5.58. The summed E-state index contributed by atoms with van der Waals surface area (Å²) in [5, 5.41) is 8.45. The van der Waals surface area contributed by atoms with E-state index in [2.05, 4.69) is 19.2 Å². The maximum absolute atomic E-state index is 5.78. The molecule has 1 N–H and O–H groups in total. The Hall–Kier alpha value is -2.80. The van der Waals surface area contributed by atoms with Crippen molar-refractivity contribution in [1.82, 2.24) is 14.6 Å². The van der Waals surface area contributed by atoms with Gasteiger partial charge in [-0.15, -0.1) is 0 Å². The fourth-order valence-corrected chi connectivity index (χ4v) is 3.87. The minimum absolute atomic E-state index is 0.251. The van der Waals surface area contributed by atoms with E-state index in [-0.39, 0.29) is 6.10 Å². The summed E-state index contributed by atoms with van der Waals surface area (Å²) in [5.74, 6) is 2.45. The van der Waals surface area contributed by atoms with Gasteiger partial charge in [-0.05, 0) is 38.3 Å². The maximum Gasteiger partial charge on any atom is 0.158 e. The Morgan fingerprint density at radius 3 is 2.55 bits per heavy atom. The summed E-state index contributed by atoms with van der Waals surface area (Å²) >= 11 is 0. The lowest BCUT2D eigenvalue weighted by atomic mass is 10.1. The van der Waals surface area contributed by atoms with Crippen molar-refractivity contribution in [1.29, 1.82) is 0 Å². The highest BCUT2D eigenvalue weighted by Crippen LogP contribution is 2.31. The van der Waals surface area contributed by atoms with Gasteiger partial charge in [0.05, 0.1) is 26.0 Å². The Bertz CT molecular complexity index is 987. The van der Waals surface area contributed by atoms with Crippen molar-refractivity contribution in [3.8, 4) is 22.8 Å². The molecule has 154 valence electrons. The molecule has 2 aromatic heterocycles. The van der Waals surface area contributed by atoms with Crippen molar-refractivity contribution in [2.24, 2.45) is 0 Å². The molecule has 1 aliphatic rings.